The number of rotatable bonds is 2. The van der Waals surface area contributed by atoms with Crippen LogP contribution >= 0.6 is 15.9 Å². The first-order valence-corrected chi connectivity index (χ1v) is 7.40. The van der Waals surface area contributed by atoms with E-state index < -0.39 is 0 Å². The lowest BCUT2D eigenvalue weighted by Crippen LogP contribution is -2.13. The SMILES string of the molecule is Cc1cc(Br)cc(C(C)(C)C)c1Oc1ccc(N)cc1. The van der Waals surface area contributed by atoms with Gasteiger partial charge in [-0.25, -0.2) is 0 Å². The van der Waals surface area contributed by atoms with Crippen LogP contribution in [0.3, 0.4) is 0 Å². The smallest absolute Gasteiger partial charge is 0.134 e. The molecular weight excluding hydrogens is 314 g/mol. The molecular formula is C17H20BrNO. The van der Waals surface area contributed by atoms with E-state index in [0.717, 1.165) is 27.2 Å². The van der Waals surface area contributed by atoms with Crippen molar-refractivity contribution in [2.24, 2.45) is 0 Å². The second-order valence-electron chi connectivity index (χ2n) is 6.02. The van der Waals surface area contributed by atoms with Crippen molar-refractivity contribution in [1.29, 1.82) is 0 Å². The lowest BCUT2D eigenvalue weighted by Gasteiger charge is -2.24. The van der Waals surface area contributed by atoms with Crippen LogP contribution in [0.15, 0.2) is 40.9 Å². The molecule has 0 fully saturated rings. The molecule has 0 amide bonds. The van der Waals surface area contributed by atoms with Gasteiger partial charge < -0.3 is 10.5 Å². The van der Waals surface area contributed by atoms with Crippen LogP contribution in [0.25, 0.3) is 0 Å². The molecule has 2 rings (SSSR count). The minimum absolute atomic E-state index is 0.0116. The van der Waals surface area contributed by atoms with Crippen LogP contribution in [-0.2, 0) is 5.41 Å². The highest BCUT2D eigenvalue weighted by Crippen LogP contribution is 2.38. The summed E-state index contributed by atoms with van der Waals surface area (Å²) >= 11 is 3.56. The quantitative estimate of drug-likeness (QED) is 0.743. The van der Waals surface area contributed by atoms with Crippen molar-refractivity contribution in [2.45, 2.75) is 33.1 Å². The largest absolute Gasteiger partial charge is 0.457 e. The Kier molecular flexibility index (Phi) is 4.09. The predicted molar refractivity (Wildman–Crippen MR) is 88.5 cm³/mol. The molecule has 0 spiro atoms. The van der Waals surface area contributed by atoms with Gasteiger partial charge in [-0.2, -0.15) is 0 Å². The maximum Gasteiger partial charge on any atom is 0.134 e. The van der Waals surface area contributed by atoms with E-state index in [4.69, 9.17) is 10.5 Å². The first kappa shape index (κ1) is 14.9. The summed E-state index contributed by atoms with van der Waals surface area (Å²) in [4.78, 5) is 0. The number of nitrogens with two attached hydrogens (primary N) is 1. The molecule has 0 saturated carbocycles. The standard InChI is InChI=1S/C17H20BrNO/c1-11-9-12(18)10-15(17(2,3)4)16(11)20-14-7-5-13(19)6-8-14/h5-10H,19H2,1-4H3. The molecule has 2 nitrogen and oxygen atoms in total. The van der Waals surface area contributed by atoms with Gasteiger partial charge in [0.25, 0.3) is 0 Å². The zero-order chi connectivity index (χ0) is 14.9. The molecule has 2 aromatic rings. The van der Waals surface area contributed by atoms with E-state index in [9.17, 15) is 0 Å². The van der Waals surface area contributed by atoms with Gasteiger partial charge >= 0.3 is 0 Å². The predicted octanol–water partition coefficient (Wildman–Crippen LogP) is 5.43. The van der Waals surface area contributed by atoms with Gasteiger partial charge in [0.1, 0.15) is 11.5 Å². The Morgan fingerprint density at radius 3 is 2.20 bits per heavy atom. The van der Waals surface area contributed by atoms with Gasteiger partial charge in [0.15, 0.2) is 0 Å². The first-order valence-electron chi connectivity index (χ1n) is 6.61. The van der Waals surface area contributed by atoms with Gasteiger partial charge in [0.05, 0.1) is 0 Å². The molecule has 0 aliphatic heterocycles. The number of aryl methyl sites for hydroxylation is 1. The van der Waals surface area contributed by atoms with Crippen LogP contribution in [0, 0.1) is 6.92 Å². The second-order valence-corrected chi connectivity index (χ2v) is 6.94. The Labute approximate surface area is 129 Å². The minimum Gasteiger partial charge on any atom is -0.457 e. The lowest BCUT2D eigenvalue weighted by molar-refractivity contribution is 0.451. The Bertz CT molecular complexity index is 612. The average molecular weight is 334 g/mol. The zero-order valence-electron chi connectivity index (χ0n) is 12.3. The molecule has 0 unspecified atom stereocenters. The van der Waals surface area contributed by atoms with Gasteiger partial charge in [0.2, 0.25) is 0 Å². The molecule has 0 atom stereocenters. The number of hydrogen-bond donors (Lipinski definition) is 1. The van der Waals surface area contributed by atoms with Crippen molar-refractivity contribution in [3.63, 3.8) is 0 Å². The maximum atomic E-state index is 6.10. The maximum absolute atomic E-state index is 6.10. The summed E-state index contributed by atoms with van der Waals surface area (Å²) in [5.74, 6) is 1.72. The van der Waals surface area contributed by atoms with E-state index >= 15 is 0 Å². The highest BCUT2D eigenvalue weighted by atomic mass is 79.9. The van der Waals surface area contributed by atoms with Crippen molar-refractivity contribution in [1.82, 2.24) is 0 Å². The fourth-order valence-electron chi connectivity index (χ4n) is 2.08. The van der Waals surface area contributed by atoms with Crippen LogP contribution in [0.4, 0.5) is 5.69 Å². The van der Waals surface area contributed by atoms with Gasteiger partial charge in [0, 0.05) is 15.7 Å². The zero-order valence-corrected chi connectivity index (χ0v) is 13.9. The summed E-state index contributed by atoms with van der Waals surface area (Å²) in [7, 11) is 0. The molecule has 0 heterocycles. The van der Waals surface area contributed by atoms with E-state index in [1.807, 2.05) is 24.3 Å². The Hall–Kier alpha value is -1.48. The molecule has 20 heavy (non-hydrogen) atoms. The Morgan fingerprint density at radius 2 is 1.65 bits per heavy atom. The normalized spacial score (nSPS) is 11.4. The molecule has 2 N–H and O–H groups in total. The third kappa shape index (κ3) is 3.34. The molecule has 0 aliphatic rings. The van der Waals surface area contributed by atoms with E-state index in [-0.39, 0.29) is 5.41 Å². The van der Waals surface area contributed by atoms with E-state index in [0.29, 0.717) is 0 Å². The summed E-state index contributed by atoms with van der Waals surface area (Å²) in [6.07, 6.45) is 0. The molecule has 0 bridgehead atoms. The van der Waals surface area contributed by atoms with Gasteiger partial charge in [-0.05, 0) is 54.3 Å². The molecule has 0 aromatic heterocycles. The molecule has 0 radical (unpaired) electrons. The second kappa shape index (κ2) is 5.49. The van der Waals surface area contributed by atoms with Crippen molar-refractivity contribution in [2.75, 3.05) is 5.73 Å². The van der Waals surface area contributed by atoms with Crippen LogP contribution in [0.2, 0.25) is 0 Å². The fourth-order valence-corrected chi connectivity index (χ4v) is 2.65. The van der Waals surface area contributed by atoms with E-state index in [2.05, 4.69) is 55.8 Å². The molecule has 0 aliphatic carbocycles. The third-order valence-corrected chi connectivity index (χ3v) is 3.61. The molecule has 0 saturated heterocycles. The van der Waals surface area contributed by atoms with Gasteiger partial charge in [-0.3, -0.25) is 0 Å². The number of nitrogen functional groups attached to an aromatic ring is 1. The number of ether oxygens (including phenoxy) is 1. The molecule has 2 aromatic carbocycles. The minimum atomic E-state index is 0.0116. The van der Waals surface area contributed by atoms with Crippen LogP contribution in [0.1, 0.15) is 31.9 Å². The lowest BCUT2D eigenvalue weighted by atomic mass is 9.85. The monoisotopic (exact) mass is 333 g/mol. The summed E-state index contributed by atoms with van der Waals surface area (Å²) in [5.41, 5.74) is 8.75. The van der Waals surface area contributed by atoms with Crippen LogP contribution in [0.5, 0.6) is 11.5 Å². The first-order chi connectivity index (χ1) is 9.27. The average Bonchev–Trinajstić information content (AvgIpc) is 2.33. The topological polar surface area (TPSA) is 35.2 Å². The summed E-state index contributed by atoms with van der Waals surface area (Å²) < 4.78 is 7.17. The van der Waals surface area contributed by atoms with E-state index in [1.54, 1.807) is 0 Å². The molecule has 3 heteroatoms. The molecule has 106 valence electrons. The third-order valence-electron chi connectivity index (χ3n) is 3.15. The summed E-state index contributed by atoms with van der Waals surface area (Å²) in [5, 5.41) is 0. The Morgan fingerprint density at radius 1 is 1.05 bits per heavy atom. The van der Waals surface area contributed by atoms with Crippen molar-refractivity contribution in [3.05, 3.63) is 52.0 Å². The van der Waals surface area contributed by atoms with Crippen molar-refractivity contribution >= 4 is 21.6 Å². The van der Waals surface area contributed by atoms with Crippen molar-refractivity contribution in [3.8, 4) is 11.5 Å². The van der Waals surface area contributed by atoms with Crippen molar-refractivity contribution < 1.29 is 4.74 Å². The number of halogens is 1. The number of hydrogen-bond acceptors (Lipinski definition) is 2. The highest BCUT2D eigenvalue weighted by Gasteiger charge is 2.21. The number of benzene rings is 2. The van der Waals surface area contributed by atoms with Crippen LogP contribution < -0.4 is 10.5 Å². The Balaban J connectivity index is 2.47. The van der Waals surface area contributed by atoms with Crippen LogP contribution in [-0.4, -0.2) is 0 Å². The van der Waals surface area contributed by atoms with E-state index in [1.165, 1.54) is 5.56 Å². The fraction of sp³-hybridized carbons (Fsp3) is 0.294. The number of anilines is 1. The van der Waals surface area contributed by atoms with Gasteiger partial charge in [-0.15, -0.1) is 0 Å². The summed E-state index contributed by atoms with van der Waals surface area (Å²) in [6, 6.07) is 11.7. The highest BCUT2D eigenvalue weighted by molar-refractivity contribution is 9.10. The van der Waals surface area contributed by atoms with Gasteiger partial charge in [-0.1, -0.05) is 36.7 Å². The summed E-state index contributed by atoms with van der Waals surface area (Å²) in [6.45, 7) is 8.62.